The molecule has 0 saturated carbocycles. The molecule has 12 heteroatoms. The van der Waals surface area contributed by atoms with Gasteiger partial charge in [-0.25, -0.2) is 9.78 Å². The number of carbonyl (C=O) groups is 1. The quantitative estimate of drug-likeness (QED) is 0.397. The minimum atomic E-state index is -0.921. The number of aromatic amines is 1. The molecule has 0 radical (unpaired) electrons. The van der Waals surface area contributed by atoms with Crippen LogP contribution in [0.2, 0.25) is 10.0 Å². The van der Waals surface area contributed by atoms with Crippen molar-refractivity contribution in [2.75, 3.05) is 4.90 Å². The zero-order valence-corrected chi connectivity index (χ0v) is 19.8. The third-order valence-electron chi connectivity index (χ3n) is 5.34. The lowest BCUT2D eigenvalue weighted by Crippen LogP contribution is -2.29. The molecule has 0 bridgehead atoms. The molecule has 3 aromatic heterocycles. The van der Waals surface area contributed by atoms with Crippen LogP contribution < -0.4 is 16.1 Å². The Labute approximate surface area is 203 Å². The molecule has 3 heterocycles. The minimum Gasteiger partial charge on any atom is -0.481 e. The molecule has 10 nitrogen and oxygen atoms in total. The molecule has 0 fully saturated rings. The van der Waals surface area contributed by atoms with E-state index in [2.05, 4.69) is 15.0 Å². The number of hydrogen-bond acceptors (Lipinski definition) is 6. The molecule has 0 unspecified atom stereocenters. The van der Waals surface area contributed by atoms with Gasteiger partial charge in [-0.15, -0.1) is 0 Å². The summed E-state index contributed by atoms with van der Waals surface area (Å²) in [6.07, 6.45) is 0.188. The van der Waals surface area contributed by atoms with Crippen LogP contribution >= 0.6 is 23.2 Å². The van der Waals surface area contributed by atoms with Gasteiger partial charge in [-0.05, 0) is 29.8 Å². The van der Waals surface area contributed by atoms with Crippen LogP contribution in [0.3, 0.4) is 0 Å². The second kappa shape index (κ2) is 9.32. The van der Waals surface area contributed by atoms with Gasteiger partial charge in [0.2, 0.25) is 5.95 Å². The summed E-state index contributed by atoms with van der Waals surface area (Å²) in [7, 11) is 3.19. The van der Waals surface area contributed by atoms with Crippen molar-refractivity contribution < 1.29 is 9.90 Å². The standard InChI is InChI=1S/C22H20Cl2N6O4/c1-28-18-19(29(2)22(34)27-20(18)33)26-21(28)30(11-12-6-8-14(23)15(24)10-12)16-5-3-4-13(25-16)7-9-17(31)32/h3-6,8,10H,7,9,11H2,1-2H3,(H,31,32)(H,27,33,34). The van der Waals surface area contributed by atoms with Crippen molar-refractivity contribution in [1.29, 1.82) is 0 Å². The Balaban J connectivity index is 1.88. The first-order chi connectivity index (χ1) is 16.2. The molecular formula is C22H20Cl2N6O4. The second-order valence-electron chi connectivity index (χ2n) is 7.68. The molecule has 0 aliphatic heterocycles. The number of nitrogens with one attached hydrogen (secondary N) is 1. The van der Waals surface area contributed by atoms with Gasteiger partial charge in [-0.1, -0.05) is 35.3 Å². The maximum Gasteiger partial charge on any atom is 0.329 e. The van der Waals surface area contributed by atoms with E-state index < -0.39 is 17.2 Å². The number of fused-ring (bicyclic) bond motifs is 1. The number of halogens is 2. The summed E-state index contributed by atoms with van der Waals surface area (Å²) < 4.78 is 2.84. The highest BCUT2D eigenvalue weighted by Crippen LogP contribution is 2.29. The highest BCUT2D eigenvalue weighted by molar-refractivity contribution is 6.42. The van der Waals surface area contributed by atoms with E-state index in [4.69, 9.17) is 28.3 Å². The average molecular weight is 503 g/mol. The Morgan fingerprint density at radius 2 is 1.85 bits per heavy atom. The molecule has 0 aliphatic rings. The third-order valence-corrected chi connectivity index (χ3v) is 6.08. The number of benzene rings is 1. The fraction of sp³-hybridized carbons (Fsp3) is 0.227. The molecule has 0 aliphatic carbocycles. The molecule has 4 aromatic rings. The number of aliphatic carboxylic acids is 1. The lowest BCUT2D eigenvalue weighted by Gasteiger charge is -2.23. The van der Waals surface area contributed by atoms with Gasteiger partial charge in [0.25, 0.3) is 5.56 Å². The highest BCUT2D eigenvalue weighted by atomic mass is 35.5. The fourth-order valence-electron chi connectivity index (χ4n) is 3.60. The van der Waals surface area contributed by atoms with E-state index in [9.17, 15) is 14.4 Å². The normalized spacial score (nSPS) is 11.2. The van der Waals surface area contributed by atoms with Crippen LogP contribution in [-0.4, -0.2) is 35.2 Å². The average Bonchev–Trinajstić information content (AvgIpc) is 3.14. The highest BCUT2D eigenvalue weighted by Gasteiger charge is 2.22. The van der Waals surface area contributed by atoms with Crippen molar-refractivity contribution >= 4 is 52.1 Å². The van der Waals surface area contributed by atoms with Gasteiger partial charge in [0.1, 0.15) is 5.82 Å². The zero-order chi connectivity index (χ0) is 24.6. The Bertz CT molecular complexity index is 1520. The molecule has 1 aromatic carbocycles. The minimum absolute atomic E-state index is 0.0625. The number of anilines is 2. The number of carboxylic acid groups (broad SMARTS) is 1. The fourth-order valence-corrected chi connectivity index (χ4v) is 3.93. The summed E-state index contributed by atoms with van der Waals surface area (Å²) >= 11 is 12.3. The number of hydrogen-bond donors (Lipinski definition) is 2. The van der Waals surface area contributed by atoms with Crippen LogP contribution in [0.15, 0.2) is 46.0 Å². The number of carboxylic acids is 1. The van der Waals surface area contributed by atoms with E-state index in [-0.39, 0.29) is 30.6 Å². The van der Waals surface area contributed by atoms with Crippen molar-refractivity contribution in [2.45, 2.75) is 19.4 Å². The molecule has 4 rings (SSSR count). The number of imidazole rings is 1. The van der Waals surface area contributed by atoms with Gasteiger partial charge in [-0.2, -0.15) is 4.98 Å². The Morgan fingerprint density at radius 1 is 1.09 bits per heavy atom. The molecule has 0 spiro atoms. The Morgan fingerprint density at radius 3 is 2.56 bits per heavy atom. The van der Waals surface area contributed by atoms with Gasteiger partial charge in [0.15, 0.2) is 11.2 Å². The van der Waals surface area contributed by atoms with Crippen molar-refractivity contribution in [1.82, 2.24) is 24.1 Å². The maximum absolute atomic E-state index is 12.5. The summed E-state index contributed by atoms with van der Waals surface area (Å²) in [6.45, 7) is 0.259. The van der Waals surface area contributed by atoms with Gasteiger partial charge in [-0.3, -0.25) is 24.0 Å². The first-order valence-electron chi connectivity index (χ1n) is 10.2. The maximum atomic E-state index is 12.5. The van der Waals surface area contributed by atoms with Crippen LogP contribution in [0.4, 0.5) is 11.8 Å². The number of rotatable bonds is 7. The van der Waals surface area contributed by atoms with E-state index in [1.165, 1.54) is 11.6 Å². The van der Waals surface area contributed by atoms with Crippen LogP contribution in [0, 0.1) is 0 Å². The van der Waals surface area contributed by atoms with Crippen LogP contribution in [-0.2, 0) is 31.9 Å². The number of pyridine rings is 1. The number of aryl methyl sites for hydroxylation is 3. The van der Waals surface area contributed by atoms with Gasteiger partial charge >= 0.3 is 11.7 Å². The predicted octanol–water partition coefficient (Wildman–Crippen LogP) is 3.02. The monoisotopic (exact) mass is 502 g/mol. The van der Waals surface area contributed by atoms with Gasteiger partial charge < -0.3 is 9.67 Å². The predicted molar refractivity (Wildman–Crippen MR) is 129 cm³/mol. The van der Waals surface area contributed by atoms with Crippen LogP contribution in [0.25, 0.3) is 11.2 Å². The topological polar surface area (TPSA) is 126 Å². The molecule has 0 amide bonds. The van der Waals surface area contributed by atoms with E-state index in [0.29, 0.717) is 27.5 Å². The summed E-state index contributed by atoms with van der Waals surface area (Å²) in [4.78, 5) is 48.9. The summed E-state index contributed by atoms with van der Waals surface area (Å²) in [5.74, 6) is -0.0835. The third kappa shape index (κ3) is 4.55. The summed E-state index contributed by atoms with van der Waals surface area (Å²) in [5, 5.41) is 9.82. The Hall–Kier alpha value is -3.63. The smallest absolute Gasteiger partial charge is 0.329 e. The second-order valence-corrected chi connectivity index (χ2v) is 8.49. The first-order valence-corrected chi connectivity index (χ1v) is 11.0. The lowest BCUT2D eigenvalue weighted by molar-refractivity contribution is -0.136. The van der Waals surface area contributed by atoms with Crippen LogP contribution in [0.5, 0.6) is 0 Å². The lowest BCUT2D eigenvalue weighted by atomic mass is 10.2. The van der Waals surface area contributed by atoms with E-state index in [1.54, 1.807) is 52.9 Å². The SMILES string of the molecule is Cn1c(N(Cc2ccc(Cl)c(Cl)c2)c2cccc(CCC(=O)O)n2)nc2c1c(=O)[nH]c(=O)n2C. The molecule has 176 valence electrons. The van der Waals surface area contributed by atoms with Gasteiger partial charge in [0, 0.05) is 26.2 Å². The van der Waals surface area contributed by atoms with E-state index in [1.807, 2.05) is 0 Å². The molecule has 0 saturated heterocycles. The van der Waals surface area contributed by atoms with Crippen molar-refractivity contribution in [2.24, 2.45) is 14.1 Å². The molecular weight excluding hydrogens is 483 g/mol. The van der Waals surface area contributed by atoms with Gasteiger partial charge in [0.05, 0.1) is 23.0 Å². The van der Waals surface area contributed by atoms with Crippen LogP contribution in [0.1, 0.15) is 17.7 Å². The zero-order valence-electron chi connectivity index (χ0n) is 18.2. The summed E-state index contributed by atoms with van der Waals surface area (Å²) in [6, 6.07) is 10.5. The summed E-state index contributed by atoms with van der Waals surface area (Å²) in [5.41, 5.74) is 0.680. The molecule has 34 heavy (non-hydrogen) atoms. The molecule has 0 atom stereocenters. The van der Waals surface area contributed by atoms with Crippen molar-refractivity contribution in [3.8, 4) is 0 Å². The number of aromatic nitrogens is 5. The largest absolute Gasteiger partial charge is 0.481 e. The number of H-pyrrole nitrogens is 1. The first kappa shape index (κ1) is 23.5. The van der Waals surface area contributed by atoms with Crippen molar-refractivity contribution in [3.05, 3.63) is 78.5 Å². The van der Waals surface area contributed by atoms with E-state index in [0.717, 1.165) is 5.56 Å². The molecule has 2 N–H and O–H groups in total. The van der Waals surface area contributed by atoms with Crippen molar-refractivity contribution in [3.63, 3.8) is 0 Å². The Kier molecular flexibility index (Phi) is 6.45. The van der Waals surface area contributed by atoms with E-state index >= 15 is 0 Å². The number of nitrogens with zero attached hydrogens (tertiary/aromatic N) is 5.